The summed E-state index contributed by atoms with van der Waals surface area (Å²) in [4.78, 5) is 0. The molecule has 0 radical (unpaired) electrons. The van der Waals surface area contributed by atoms with E-state index in [1.807, 2.05) is 0 Å². The van der Waals surface area contributed by atoms with Gasteiger partial charge in [0.15, 0.2) is 0 Å². The maximum absolute atomic E-state index is 9.30. The average molecular weight is 190 g/mol. The van der Waals surface area contributed by atoms with E-state index in [0.29, 0.717) is 6.61 Å². The number of hydrogen-bond acceptors (Lipinski definition) is 3. The molecule has 2 unspecified atom stereocenters. The minimum absolute atomic E-state index is 0.0984. The highest BCUT2D eigenvalue weighted by Crippen LogP contribution is 2.13. The maximum atomic E-state index is 9.30. The number of methoxy groups -OCH3 is 1. The summed E-state index contributed by atoms with van der Waals surface area (Å²) in [6.45, 7) is 5.51. The second-order valence-electron chi connectivity index (χ2n) is 3.28. The fourth-order valence-electron chi connectivity index (χ4n) is 1.15. The quantitative estimate of drug-likeness (QED) is 0.718. The molecule has 1 saturated heterocycles. The van der Waals surface area contributed by atoms with Gasteiger partial charge in [0, 0.05) is 13.7 Å². The van der Waals surface area contributed by atoms with E-state index in [4.69, 9.17) is 9.47 Å². The maximum Gasteiger partial charge on any atom is 0.107 e. The zero-order chi connectivity index (χ0) is 10.1. The normalized spacial score (nSPS) is 27.7. The fraction of sp³-hybridized carbons (Fsp3) is 1.00. The first-order valence-electron chi connectivity index (χ1n) is 5.04. The molecule has 0 aromatic rings. The lowest BCUT2D eigenvalue weighted by Crippen LogP contribution is -2.37. The van der Waals surface area contributed by atoms with Crippen molar-refractivity contribution >= 4 is 0 Å². The van der Waals surface area contributed by atoms with E-state index in [1.54, 1.807) is 7.11 Å². The van der Waals surface area contributed by atoms with Gasteiger partial charge >= 0.3 is 0 Å². The van der Waals surface area contributed by atoms with Crippen molar-refractivity contribution < 1.29 is 14.6 Å². The largest absolute Gasteiger partial charge is 0.390 e. The second kappa shape index (κ2) is 8.48. The van der Waals surface area contributed by atoms with Crippen LogP contribution in [0, 0.1) is 0 Å². The van der Waals surface area contributed by atoms with E-state index in [1.165, 1.54) is 6.42 Å². The molecule has 1 aliphatic rings. The van der Waals surface area contributed by atoms with Crippen LogP contribution < -0.4 is 0 Å². The first-order chi connectivity index (χ1) is 6.26. The molecule has 0 bridgehead atoms. The van der Waals surface area contributed by atoms with Crippen molar-refractivity contribution in [3.63, 3.8) is 0 Å². The van der Waals surface area contributed by atoms with E-state index >= 15 is 0 Å². The summed E-state index contributed by atoms with van der Waals surface area (Å²) in [5.74, 6) is 0. The minimum Gasteiger partial charge on any atom is -0.390 e. The predicted octanol–water partition coefficient (Wildman–Crippen LogP) is 1.59. The molecule has 1 N–H and O–H groups in total. The van der Waals surface area contributed by atoms with E-state index in [0.717, 1.165) is 19.4 Å². The Morgan fingerprint density at radius 3 is 2.54 bits per heavy atom. The van der Waals surface area contributed by atoms with E-state index < -0.39 is 0 Å². The van der Waals surface area contributed by atoms with Crippen LogP contribution in [0.3, 0.4) is 0 Å². The van der Waals surface area contributed by atoms with Crippen molar-refractivity contribution in [3.8, 4) is 0 Å². The highest BCUT2D eigenvalue weighted by atomic mass is 16.5. The van der Waals surface area contributed by atoms with Crippen LogP contribution in [-0.4, -0.2) is 37.6 Å². The number of rotatable bonds is 2. The third-order valence-corrected chi connectivity index (χ3v) is 1.74. The van der Waals surface area contributed by atoms with Crippen LogP contribution in [0.1, 0.15) is 33.1 Å². The summed E-state index contributed by atoms with van der Waals surface area (Å²) in [5.41, 5.74) is 0. The Hall–Kier alpha value is -0.120. The molecule has 0 spiro atoms. The van der Waals surface area contributed by atoms with Crippen molar-refractivity contribution in [2.75, 3.05) is 20.3 Å². The molecule has 2 atom stereocenters. The topological polar surface area (TPSA) is 38.7 Å². The summed E-state index contributed by atoms with van der Waals surface area (Å²) >= 11 is 0. The van der Waals surface area contributed by atoms with Gasteiger partial charge in [-0.3, -0.25) is 0 Å². The van der Waals surface area contributed by atoms with Crippen LogP contribution in [0.15, 0.2) is 0 Å². The van der Waals surface area contributed by atoms with Gasteiger partial charge in [-0.15, -0.1) is 0 Å². The van der Waals surface area contributed by atoms with Crippen LogP contribution in [0.2, 0.25) is 0 Å². The highest BCUT2D eigenvalue weighted by molar-refractivity contribution is 4.72. The Balaban J connectivity index is 0.000000424. The first-order valence-corrected chi connectivity index (χ1v) is 5.04. The van der Waals surface area contributed by atoms with Crippen LogP contribution in [-0.2, 0) is 9.47 Å². The Kier molecular flexibility index (Phi) is 8.40. The average Bonchev–Trinajstić information content (AvgIpc) is 2.11. The fourth-order valence-corrected chi connectivity index (χ4v) is 1.15. The SMILES string of the molecule is CCC.COCC1OCCCC1O. The van der Waals surface area contributed by atoms with Crippen LogP contribution >= 0.6 is 0 Å². The standard InChI is InChI=1S/C7H14O3.C3H8/c1-9-5-7-6(8)3-2-4-10-7;1-3-2/h6-8H,2-5H2,1H3;3H2,1-2H3. The molecule has 1 rings (SSSR count). The zero-order valence-electron chi connectivity index (χ0n) is 8.95. The molecule has 0 aromatic carbocycles. The molecule has 0 amide bonds. The van der Waals surface area contributed by atoms with Crippen molar-refractivity contribution in [2.45, 2.75) is 45.3 Å². The Bertz CT molecular complexity index is 104. The van der Waals surface area contributed by atoms with Crippen molar-refractivity contribution in [1.82, 2.24) is 0 Å². The van der Waals surface area contributed by atoms with Gasteiger partial charge in [0.05, 0.1) is 12.7 Å². The Labute approximate surface area is 81.0 Å². The summed E-state index contributed by atoms with van der Waals surface area (Å²) in [5, 5.41) is 9.30. The predicted molar refractivity (Wildman–Crippen MR) is 52.8 cm³/mol. The first kappa shape index (κ1) is 12.9. The van der Waals surface area contributed by atoms with Gasteiger partial charge in [0.2, 0.25) is 0 Å². The van der Waals surface area contributed by atoms with Gasteiger partial charge in [-0.1, -0.05) is 20.3 Å². The smallest absolute Gasteiger partial charge is 0.107 e. The molecule has 3 heteroatoms. The summed E-state index contributed by atoms with van der Waals surface area (Å²) < 4.78 is 10.1. The molecule has 0 saturated carbocycles. The lowest BCUT2D eigenvalue weighted by atomic mass is 10.1. The van der Waals surface area contributed by atoms with E-state index in [-0.39, 0.29) is 12.2 Å². The Morgan fingerprint density at radius 2 is 2.08 bits per heavy atom. The van der Waals surface area contributed by atoms with Gasteiger partial charge in [-0.2, -0.15) is 0 Å². The number of ether oxygens (including phenoxy) is 2. The van der Waals surface area contributed by atoms with Gasteiger partial charge in [-0.25, -0.2) is 0 Å². The molecular weight excluding hydrogens is 168 g/mol. The molecule has 3 nitrogen and oxygen atoms in total. The zero-order valence-corrected chi connectivity index (χ0v) is 8.95. The van der Waals surface area contributed by atoms with Crippen molar-refractivity contribution in [3.05, 3.63) is 0 Å². The third-order valence-electron chi connectivity index (χ3n) is 1.74. The molecular formula is C10H22O3. The van der Waals surface area contributed by atoms with Crippen LogP contribution in [0.4, 0.5) is 0 Å². The number of aliphatic hydroxyl groups is 1. The lowest BCUT2D eigenvalue weighted by Gasteiger charge is -2.27. The Morgan fingerprint density at radius 1 is 1.46 bits per heavy atom. The summed E-state index contributed by atoms with van der Waals surface area (Å²) in [6.07, 6.45) is 2.63. The van der Waals surface area contributed by atoms with Gasteiger partial charge in [0.25, 0.3) is 0 Å². The molecule has 1 fully saturated rings. The van der Waals surface area contributed by atoms with E-state index in [2.05, 4.69) is 13.8 Å². The monoisotopic (exact) mass is 190 g/mol. The molecule has 80 valence electrons. The summed E-state index contributed by atoms with van der Waals surface area (Å²) in [6, 6.07) is 0. The molecule has 1 aliphatic heterocycles. The van der Waals surface area contributed by atoms with Gasteiger partial charge < -0.3 is 14.6 Å². The molecule has 13 heavy (non-hydrogen) atoms. The van der Waals surface area contributed by atoms with Gasteiger partial charge in [0.1, 0.15) is 6.10 Å². The number of hydrogen-bond donors (Lipinski definition) is 1. The van der Waals surface area contributed by atoms with Gasteiger partial charge in [-0.05, 0) is 12.8 Å². The third kappa shape index (κ3) is 6.02. The van der Waals surface area contributed by atoms with Crippen LogP contribution in [0.25, 0.3) is 0 Å². The lowest BCUT2D eigenvalue weighted by molar-refractivity contribution is -0.101. The second-order valence-corrected chi connectivity index (χ2v) is 3.28. The number of aliphatic hydroxyl groups excluding tert-OH is 1. The minimum atomic E-state index is -0.325. The highest BCUT2D eigenvalue weighted by Gasteiger charge is 2.23. The summed E-state index contributed by atoms with van der Waals surface area (Å²) in [7, 11) is 1.62. The van der Waals surface area contributed by atoms with Crippen molar-refractivity contribution in [1.29, 1.82) is 0 Å². The molecule has 1 heterocycles. The van der Waals surface area contributed by atoms with Crippen molar-refractivity contribution in [2.24, 2.45) is 0 Å². The molecule has 0 aromatic heterocycles. The van der Waals surface area contributed by atoms with Crippen LogP contribution in [0.5, 0.6) is 0 Å². The molecule has 0 aliphatic carbocycles. The van der Waals surface area contributed by atoms with E-state index in [9.17, 15) is 5.11 Å².